The molecular formula is C13H18N2O2S. The van der Waals surface area contributed by atoms with E-state index < -0.39 is 5.97 Å². The standard InChI is InChI=1S/C13H18N2O2S/c1-9-4-3-5-10(6-9)18-12-8-14-7-11(15-12)13(16)17-2/h7-10H,3-6H2,1-2H3. The van der Waals surface area contributed by atoms with E-state index in [9.17, 15) is 4.79 Å². The van der Waals surface area contributed by atoms with Crippen molar-refractivity contribution in [2.75, 3.05) is 7.11 Å². The number of rotatable bonds is 3. The van der Waals surface area contributed by atoms with E-state index in [0.717, 1.165) is 10.9 Å². The number of hydrogen-bond donors (Lipinski definition) is 0. The molecule has 18 heavy (non-hydrogen) atoms. The zero-order chi connectivity index (χ0) is 13.0. The molecule has 1 heterocycles. The van der Waals surface area contributed by atoms with Crippen LogP contribution in [-0.2, 0) is 4.74 Å². The first-order valence-electron chi connectivity index (χ1n) is 6.26. The number of methoxy groups -OCH3 is 1. The number of carbonyl (C=O) groups excluding carboxylic acids is 1. The predicted octanol–water partition coefficient (Wildman–Crippen LogP) is 2.93. The highest BCUT2D eigenvalue weighted by atomic mass is 32.2. The Balaban J connectivity index is 2.02. The molecule has 2 atom stereocenters. The third-order valence-electron chi connectivity index (χ3n) is 3.18. The molecule has 2 unspecified atom stereocenters. The second-order valence-electron chi connectivity index (χ2n) is 4.75. The summed E-state index contributed by atoms with van der Waals surface area (Å²) in [5, 5.41) is 1.41. The lowest BCUT2D eigenvalue weighted by Gasteiger charge is -2.25. The van der Waals surface area contributed by atoms with Gasteiger partial charge in [-0.2, -0.15) is 0 Å². The van der Waals surface area contributed by atoms with Crippen LogP contribution in [0.1, 0.15) is 43.1 Å². The van der Waals surface area contributed by atoms with E-state index in [1.54, 1.807) is 18.0 Å². The minimum absolute atomic E-state index is 0.284. The van der Waals surface area contributed by atoms with Crippen LogP contribution in [0.3, 0.4) is 0 Å². The Bertz CT molecular complexity index is 425. The fourth-order valence-corrected chi connectivity index (χ4v) is 3.59. The van der Waals surface area contributed by atoms with E-state index in [4.69, 9.17) is 0 Å². The molecule has 1 fully saturated rings. The Morgan fingerprint density at radius 3 is 3.00 bits per heavy atom. The molecule has 0 spiro atoms. The van der Waals surface area contributed by atoms with Crippen molar-refractivity contribution in [3.05, 3.63) is 18.1 Å². The number of aromatic nitrogens is 2. The Morgan fingerprint density at radius 1 is 1.44 bits per heavy atom. The number of hydrogen-bond acceptors (Lipinski definition) is 5. The van der Waals surface area contributed by atoms with Gasteiger partial charge in [0.05, 0.1) is 19.5 Å². The monoisotopic (exact) mass is 266 g/mol. The molecule has 4 nitrogen and oxygen atoms in total. The van der Waals surface area contributed by atoms with Crippen LogP contribution >= 0.6 is 11.8 Å². The van der Waals surface area contributed by atoms with Crippen LogP contribution in [0.5, 0.6) is 0 Å². The smallest absolute Gasteiger partial charge is 0.358 e. The first-order chi connectivity index (χ1) is 8.69. The summed E-state index contributed by atoms with van der Waals surface area (Å²) in [6.07, 6.45) is 8.21. The zero-order valence-corrected chi connectivity index (χ0v) is 11.6. The Kier molecular flexibility index (Phi) is 4.58. The Labute approximate surface area is 112 Å². The minimum Gasteiger partial charge on any atom is -0.464 e. The summed E-state index contributed by atoms with van der Waals surface area (Å²) in [5.41, 5.74) is 0.284. The number of carbonyl (C=O) groups is 1. The summed E-state index contributed by atoms with van der Waals surface area (Å²) in [7, 11) is 1.35. The minimum atomic E-state index is -0.429. The lowest BCUT2D eigenvalue weighted by molar-refractivity contribution is 0.0592. The molecule has 98 valence electrons. The highest BCUT2D eigenvalue weighted by Crippen LogP contribution is 2.35. The third kappa shape index (κ3) is 3.45. The quantitative estimate of drug-likeness (QED) is 0.787. The van der Waals surface area contributed by atoms with Crippen molar-refractivity contribution in [2.45, 2.75) is 42.9 Å². The highest BCUT2D eigenvalue weighted by molar-refractivity contribution is 7.99. The summed E-state index contributed by atoms with van der Waals surface area (Å²) >= 11 is 1.73. The van der Waals surface area contributed by atoms with Gasteiger partial charge in [0.25, 0.3) is 0 Å². The van der Waals surface area contributed by atoms with E-state index in [0.29, 0.717) is 5.25 Å². The number of nitrogens with zero attached hydrogens (tertiary/aromatic N) is 2. The van der Waals surface area contributed by atoms with Gasteiger partial charge in [0.1, 0.15) is 5.03 Å². The summed E-state index contributed by atoms with van der Waals surface area (Å²) in [6, 6.07) is 0. The molecule has 1 aromatic heterocycles. The van der Waals surface area contributed by atoms with Crippen molar-refractivity contribution in [3.63, 3.8) is 0 Å². The maximum atomic E-state index is 11.4. The van der Waals surface area contributed by atoms with E-state index in [1.165, 1.54) is 39.0 Å². The van der Waals surface area contributed by atoms with E-state index in [1.807, 2.05) is 0 Å². The van der Waals surface area contributed by atoms with E-state index in [-0.39, 0.29) is 5.69 Å². The van der Waals surface area contributed by atoms with Gasteiger partial charge in [0.2, 0.25) is 0 Å². The molecule has 1 aromatic rings. The van der Waals surface area contributed by atoms with Crippen molar-refractivity contribution in [3.8, 4) is 0 Å². The lowest BCUT2D eigenvalue weighted by Crippen LogP contribution is -2.15. The zero-order valence-electron chi connectivity index (χ0n) is 10.8. The molecule has 0 aromatic carbocycles. The number of esters is 1. The molecule has 0 radical (unpaired) electrons. The molecule has 0 amide bonds. The summed E-state index contributed by atoms with van der Waals surface area (Å²) in [4.78, 5) is 19.7. The average Bonchev–Trinajstić information content (AvgIpc) is 2.38. The molecule has 0 bridgehead atoms. The van der Waals surface area contributed by atoms with Crippen LogP contribution in [0.2, 0.25) is 0 Å². The predicted molar refractivity (Wildman–Crippen MR) is 70.6 cm³/mol. The second-order valence-corrected chi connectivity index (χ2v) is 6.07. The van der Waals surface area contributed by atoms with Gasteiger partial charge >= 0.3 is 5.97 Å². The fourth-order valence-electron chi connectivity index (χ4n) is 2.26. The SMILES string of the molecule is COC(=O)c1cncc(SC2CCCC(C)C2)n1. The molecule has 0 N–H and O–H groups in total. The second kappa shape index (κ2) is 6.18. The van der Waals surface area contributed by atoms with E-state index >= 15 is 0 Å². The first-order valence-corrected chi connectivity index (χ1v) is 7.14. The average molecular weight is 266 g/mol. The summed E-state index contributed by atoms with van der Waals surface area (Å²) < 4.78 is 4.65. The van der Waals surface area contributed by atoms with Crippen LogP contribution < -0.4 is 0 Å². The maximum absolute atomic E-state index is 11.4. The molecule has 1 saturated carbocycles. The first kappa shape index (κ1) is 13.3. The topological polar surface area (TPSA) is 52.1 Å². The third-order valence-corrected chi connectivity index (χ3v) is 4.38. The van der Waals surface area contributed by atoms with Crippen LogP contribution in [0.25, 0.3) is 0 Å². The number of ether oxygens (including phenoxy) is 1. The van der Waals surface area contributed by atoms with Crippen LogP contribution in [0.15, 0.2) is 17.4 Å². The summed E-state index contributed by atoms with van der Waals surface area (Å²) in [5.74, 6) is 0.356. The van der Waals surface area contributed by atoms with Gasteiger partial charge in [-0.25, -0.2) is 9.78 Å². The van der Waals surface area contributed by atoms with E-state index in [2.05, 4.69) is 21.6 Å². The van der Waals surface area contributed by atoms with Crippen molar-refractivity contribution in [2.24, 2.45) is 5.92 Å². The van der Waals surface area contributed by atoms with Crippen molar-refractivity contribution in [1.82, 2.24) is 9.97 Å². The Morgan fingerprint density at radius 2 is 2.28 bits per heavy atom. The molecular weight excluding hydrogens is 248 g/mol. The molecule has 2 rings (SSSR count). The summed E-state index contributed by atoms with van der Waals surface area (Å²) in [6.45, 7) is 2.29. The van der Waals surface area contributed by atoms with Gasteiger partial charge in [0, 0.05) is 5.25 Å². The fraction of sp³-hybridized carbons (Fsp3) is 0.615. The Hall–Kier alpha value is -1.10. The van der Waals surface area contributed by atoms with Gasteiger partial charge in [-0.05, 0) is 18.8 Å². The molecule has 5 heteroatoms. The van der Waals surface area contributed by atoms with Gasteiger partial charge in [-0.15, -0.1) is 11.8 Å². The lowest BCUT2D eigenvalue weighted by atomic mass is 9.91. The van der Waals surface area contributed by atoms with Crippen LogP contribution in [0, 0.1) is 5.92 Å². The normalized spacial score (nSPS) is 23.7. The van der Waals surface area contributed by atoms with Crippen molar-refractivity contribution < 1.29 is 9.53 Å². The highest BCUT2D eigenvalue weighted by Gasteiger charge is 2.20. The van der Waals surface area contributed by atoms with Gasteiger partial charge in [0.15, 0.2) is 5.69 Å². The van der Waals surface area contributed by atoms with Crippen molar-refractivity contribution in [1.29, 1.82) is 0 Å². The van der Waals surface area contributed by atoms with Crippen molar-refractivity contribution >= 4 is 17.7 Å². The molecule has 0 aliphatic heterocycles. The molecule has 1 aliphatic rings. The van der Waals surface area contributed by atoms with Crippen LogP contribution in [0.4, 0.5) is 0 Å². The maximum Gasteiger partial charge on any atom is 0.358 e. The largest absolute Gasteiger partial charge is 0.464 e. The molecule has 1 aliphatic carbocycles. The molecule has 0 saturated heterocycles. The van der Waals surface area contributed by atoms with Gasteiger partial charge in [-0.1, -0.05) is 19.8 Å². The van der Waals surface area contributed by atoms with Gasteiger partial charge in [-0.3, -0.25) is 4.98 Å². The number of thioether (sulfide) groups is 1. The van der Waals surface area contributed by atoms with Gasteiger partial charge < -0.3 is 4.74 Å². The van der Waals surface area contributed by atoms with Crippen LogP contribution in [-0.4, -0.2) is 28.3 Å².